The fourth-order valence-electron chi connectivity index (χ4n) is 4.62. The molecular formula is C36H37NO6. The van der Waals surface area contributed by atoms with Crippen LogP contribution in [0.1, 0.15) is 61.5 Å². The van der Waals surface area contributed by atoms with Gasteiger partial charge in [-0.1, -0.05) is 56.3 Å². The van der Waals surface area contributed by atoms with Crippen molar-refractivity contribution in [3.05, 3.63) is 120 Å². The van der Waals surface area contributed by atoms with E-state index in [1.807, 2.05) is 18.2 Å². The number of Topliss-reactive ketones (excluding diaryl/α,β-unsaturated/α-hetero) is 1. The summed E-state index contributed by atoms with van der Waals surface area (Å²) >= 11 is 0. The third-order valence-corrected chi connectivity index (χ3v) is 7.28. The molecule has 1 unspecified atom stereocenters. The van der Waals surface area contributed by atoms with Crippen molar-refractivity contribution in [3.63, 3.8) is 0 Å². The molecule has 0 heterocycles. The molecule has 0 aliphatic rings. The van der Waals surface area contributed by atoms with Crippen LogP contribution >= 0.6 is 0 Å². The second-order valence-electron chi connectivity index (χ2n) is 10.8. The number of nitrogens with one attached hydrogen (secondary N) is 1. The van der Waals surface area contributed by atoms with Crippen LogP contribution in [0.3, 0.4) is 0 Å². The second-order valence-corrected chi connectivity index (χ2v) is 10.8. The van der Waals surface area contributed by atoms with Gasteiger partial charge in [0, 0.05) is 29.5 Å². The van der Waals surface area contributed by atoms with Gasteiger partial charge in [0.2, 0.25) is 11.7 Å². The van der Waals surface area contributed by atoms with Crippen LogP contribution in [-0.4, -0.2) is 30.9 Å². The molecule has 0 bridgehead atoms. The van der Waals surface area contributed by atoms with Crippen LogP contribution in [0, 0.1) is 0 Å². The number of carbonyl (C=O) groups is 3. The molecular weight excluding hydrogens is 542 g/mol. The van der Waals surface area contributed by atoms with Gasteiger partial charge in [0.1, 0.15) is 17.2 Å². The Bertz CT molecular complexity index is 1510. The number of ether oxygens (including phenoxy) is 3. The van der Waals surface area contributed by atoms with Crippen LogP contribution in [0.15, 0.2) is 103 Å². The van der Waals surface area contributed by atoms with Gasteiger partial charge in [0.05, 0.1) is 7.11 Å². The number of methoxy groups -OCH3 is 1. The minimum Gasteiger partial charge on any atom is -0.497 e. The maximum atomic E-state index is 12.5. The van der Waals surface area contributed by atoms with Crippen molar-refractivity contribution in [1.82, 2.24) is 0 Å². The molecule has 0 radical (unpaired) electrons. The standard InChI is InChI=1S/C36H37NO6/c1-25(35(40)26-13-19-30(41-4)20-14-26)42-34(39)12-8-11-33(38)37-29-17-23-32(24-18-29)43-31-21-15-28(16-22-31)36(2,3)27-9-6-5-7-10-27/h5-7,9-10,13-25H,8,11-12H2,1-4H3,(H,37,38). The number of rotatable bonds is 13. The first-order chi connectivity index (χ1) is 20.7. The van der Waals surface area contributed by atoms with Crippen molar-refractivity contribution in [2.24, 2.45) is 0 Å². The summed E-state index contributed by atoms with van der Waals surface area (Å²) in [6.07, 6.45) is -0.455. The van der Waals surface area contributed by atoms with Gasteiger partial charge in [-0.3, -0.25) is 14.4 Å². The number of amides is 1. The highest BCUT2D eigenvalue weighted by molar-refractivity contribution is 6.00. The molecule has 4 aromatic carbocycles. The lowest BCUT2D eigenvalue weighted by Gasteiger charge is -2.26. The molecule has 7 nitrogen and oxygen atoms in total. The average molecular weight is 580 g/mol. The van der Waals surface area contributed by atoms with Crippen molar-refractivity contribution >= 4 is 23.3 Å². The third-order valence-electron chi connectivity index (χ3n) is 7.28. The number of hydrogen-bond acceptors (Lipinski definition) is 6. The van der Waals surface area contributed by atoms with E-state index in [0.717, 1.165) is 5.75 Å². The molecule has 1 N–H and O–H groups in total. The summed E-state index contributed by atoms with van der Waals surface area (Å²) in [5.74, 6) is 0.949. The first-order valence-corrected chi connectivity index (χ1v) is 14.3. The average Bonchev–Trinajstić information content (AvgIpc) is 3.02. The fourth-order valence-corrected chi connectivity index (χ4v) is 4.62. The largest absolute Gasteiger partial charge is 0.497 e. The second kappa shape index (κ2) is 14.3. The molecule has 0 aliphatic carbocycles. The zero-order valence-corrected chi connectivity index (χ0v) is 25.0. The Kier molecular flexibility index (Phi) is 10.3. The quantitative estimate of drug-likeness (QED) is 0.129. The van der Waals surface area contributed by atoms with Gasteiger partial charge in [-0.05, 0) is 85.1 Å². The fraction of sp³-hybridized carbons (Fsp3) is 0.250. The highest BCUT2D eigenvalue weighted by Crippen LogP contribution is 2.33. The van der Waals surface area contributed by atoms with Gasteiger partial charge in [0.15, 0.2) is 6.10 Å². The predicted octanol–water partition coefficient (Wildman–Crippen LogP) is 7.74. The lowest BCUT2D eigenvalue weighted by molar-refractivity contribution is -0.146. The van der Waals surface area contributed by atoms with Crippen LogP contribution in [0.2, 0.25) is 0 Å². The molecule has 0 aliphatic heterocycles. The van der Waals surface area contributed by atoms with E-state index < -0.39 is 12.1 Å². The normalized spacial score (nSPS) is 11.7. The van der Waals surface area contributed by atoms with Crippen molar-refractivity contribution in [2.75, 3.05) is 12.4 Å². The summed E-state index contributed by atoms with van der Waals surface area (Å²) in [5, 5.41) is 2.83. The first-order valence-electron chi connectivity index (χ1n) is 14.3. The van der Waals surface area contributed by atoms with Gasteiger partial charge in [-0.2, -0.15) is 0 Å². The molecule has 222 valence electrons. The Morgan fingerprint density at radius 2 is 1.28 bits per heavy atom. The number of benzene rings is 4. The van der Waals surface area contributed by atoms with E-state index >= 15 is 0 Å². The highest BCUT2D eigenvalue weighted by atomic mass is 16.5. The van der Waals surface area contributed by atoms with Crippen LogP contribution in [0.25, 0.3) is 0 Å². The minimum atomic E-state index is -0.922. The summed E-state index contributed by atoms with van der Waals surface area (Å²) in [6, 6.07) is 32.1. The topological polar surface area (TPSA) is 90.9 Å². The lowest BCUT2D eigenvalue weighted by atomic mass is 9.78. The summed E-state index contributed by atoms with van der Waals surface area (Å²) in [6.45, 7) is 5.93. The SMILES string of the molecule is COc1ccc(C(=O)C(C)OC(=O)CCCC(=O)Nc2ccc(Oc3ccc(C(C)(C)c4ccccc4)cc3)cc2)cc1. The van der Waals surface area contributed by atoms with E-state index in [2.05, 4.69) is 55.6 Å². The number of carbonyl (C=O) groups excluding carboxylic acids is 3. The van der Waals surface area contributed by atoms with Gasteiger partial charge >= 0.3 is 5.97 Å². The molecule has 7 heteroatoms. The Balaban J connectivity index is 1.19. The summed E-state index contributed by atoms with van der Waals surface area (Å²) in [7, 11) is 1.54. The molecule has 0 saturated carbocycles. The van der Waals surface area contributed by atoms with Crippen molar-refractivity contribution < 1.29 is 28.6 Å². The predicted molar refractivity (Wildman–Crippen MR) is 167 cm³/mol. The summed E-state index contributed by atoms with van der Waals surface area (Å²) in [5.41, 5.74) is 3.35. The minimum absolute atomic E-state index is 0.0295. The Morgan fingerprint density at radius 3 is 1.88 bits per heavy atom. The molecule has 0 spiro atoms. The molecule has 0 saturated heterocycles. The highest BCUT2D eigenvalue weighted by Gasteiger charge is 2.23. The zero-order chi connectivity index (χ0) is 30.8. The summed E-state index contributed by atoms with van der Waals surface area (Å²) in [4.78, 5) is 37.1. The van der Waals surface area contributed by atoms with E-state index in [0.29, 0.717) is 29.2 Å². The number of anilines is 1. The maximum Gasteiger partial charge on any atom is 0.306 e. The monoisotopic (exact) mass is 579 g/mol. The van der Waals surface area contributed by atoms with E-state index in [1.165, 1.54) is 18.1 Å². The first kappa shape index (κ1) is 31.0. The van der Waals surface area contributed by atoms with E-state index in [4.69, 9.17) is 14.2 Å². The molecule has 0 fully saturated rings. The van der Waals surface area contributed by atoms with Gasteiger partial charge < -0.3 is 19.5 Å². The lowest BCUT2D eigenvalue weighted by Crippen LogP contribution is -2.24. The molecule has 4 aromatic rings. The van der Waals surface area contributed by atoms with Crippen molar-refractivity contribution in [1.29, 1.82) is 0 Å². The Labute approximate surface area is 252 Å². The van der Waals surface area contributed by atoms with E-state index in [1.54, 1.807) is 55.6 Å². The Hall–Kier alpha value is -4.91. The number of hydrogen-bond donors (Lipinski definition) is 1. The molecule has 1 amide bonds. The zero-order valence-electron chi connectivity index (χ0n) is 25.0. The molecule has 43 heavy (non-hydrogen) atoms. The summed E-state index contributed by atoms with van der Waals surface area (Å²) < 4.78 is 16.3. The number of esters is 1. The third kappa shape index (κ3) is 8.55. The van der Waals surface area contributed by atoms with Crippen molar-refractivity contribution in [3.8, 4) is 17.2 Å². The van der Waals surface area contributed by atoms with Crippen LogP contribution in [0.5, 0.6) is 17.2 Å². The van der Waals surface area contributed by atoms with Gasteiger partial charge in [0.25, 0.3) is 0 Å². The number of ketones is 1. The van der Waals surface area contributed by atoms with E-state index in [-0.39, 0.29) is 29.9 Å². The molecule has 1 atom stereocenters. The molecule has 4 rings (SSSR count). The smallest absolute Gasteiger partial charge is 0.306 e. The maximum absolute atomic E-state index is 12.5. The van der Waals surface area contributed by atoms with Crippen LogP contribution in [-0.2, 0) is 19.7 Å². The van der Waals surface area contributed by atoms with E-state index in [9.17, 15) is 14.4 Å². The molecule has 0 aromatic heterocycles. The Morgan fingerprint density at radius 1 is 0.721 bits per heavy atom. The van der Waals surface area contributed by atoms with Gasteiger partial charge in [-0.25, -0.2) is 0 Å². The van der Waals surface area contributed by atoms with Crippen molar-refractivity contribution in [2.45, 2.75) is 51.6 Å². The van der Waals surface area contributed by atoms with Crippen LogP contribution in [0.4, 0.5) is 5.69 Å². The van der Waals surface area contributed by atoms with Crippen LogP contribution < -0.4 is 14.8 Å². The van der Waals surface area contributed by atoms with Gasteiger partial charge in [-0.15, -0.1) is 0 Å².